The van der Waals surface area contributed by atoms with Gasteiger partial charge in [0.1, 0.15) is 11.6 Å². The van der Waals surface area contributed by atoms with Gasteiger partial charge in [-0.2, -0.15) is 18.2 Å². The molecule has 0 fully saturated rings. The van der Waals surface area contributed by atoms with Gasteiger partial charge in [0.2, 0.25) is 5.95 Å². The minimum atomic E-state index is -4.34. The van der Waals surface area contributed by atoms with Crippen LogP contribution in [0.2, 0.25) is 5.02 Å². The summed E-state index contributed by atoms with van der Waals surface area (Å²) in [6, 6.07) is 0. The van der Waals surface area contributed by atoms with E-state index in [1.165, 1.54) is 0 Å². The number of aromatic nitrogens is 2. The summed E-state index contributed by atoms with van der Waals surface area (Å²) in [5, 5.41) is 2.01. The molecule has 0 aliphatic heterocycles. The predicted molar refractivity (Wildman–Crippen MR) is 49.4 cm³/mol. The molecule has 0 aromatic carbocycles. The van der Waals surface area contributed by atoms with Crippen LogP contribution in [0.25, 0.3) is 0 Å². The fourth-order valence-corrected chi connectivity index (χ4v) is 0.902. The smallest absolute Gasteiger partial charge is 0.360 e. The molecular formula is C6H7ClF3N5. The maximum absolute atomic E-state index is 11.9. The number of hydrogen-bond acceptors (Lipinski definition) is 5. The third-order valence-electron chi connectivity index (χ3n) is 1.33. The van der Waals surface area contributed by atoms with Crippen molar-refractivity contribution in [2.75, 3.05) is 17.3 Å². The summed E-state index contributed by atoms with van der Waals surface area (Å²) >= 11 is 5.56. The molecule has 4 N–H and O–H groups in total. The van der Waals surface area contributed by atoms with Crippen LogP contribution in [0, 0.1) is 0 Å². The number of nitrogens with one attached hydrogen (secondary N) is 2. The number of nitrogens with zero attached hydrogens (tertiary/aromatic N) is 2. The van der Waals surface area contributed by atoms with Gasteiger partial charge in [-0.1, -0.05) is 11.6 Å². The molecule has 0 saturated carbocycles. The molecule has 0 atom stereocenters. The molecule has 1 aromatic rings. The number of nitrogens with two attached hydrogens (primary N) is 1. The summed E-state index contributed by atoms with van der Waals surface area (Å²) in [5.74, 6) is 4.83. The van der Waals surface area contributed by atoms with E-state index in [9.17, 15) is 13.2 Å². The molecule has 0 amide bonds. The maximum Gasteiger partial charge on any atom is 0.405 e. The molecule has 1 rings (SSSR count). The van der Waals surface area contributed by atoms with E-state index in [0.717, 1.165) is 6.20 Å². The van der Waals surface area contributed by atoms with Gasteiger partial charge >= 0.3 is 6.18 Å². The lowest BCUT2D eigenvalue weighted by molar-refractivity contribution is -0.115. The average molecular weight is 242 g/mol. The van der Waals surface area contributed by atoms with Gasteiger partial charge in [0.05, 0.1) is 6.20 Å². The third-order valence-corrected chi connectivity index (χ3v) is 1.61. The number of hydrazine groups is 1. The van der Waals surface area contributed by atoms with Crippen molar-refractivity contribution in [3.05, 3.63) is 11.2 Å². The molecule has 0 saturated heterocycles. The van der Waals surface area contributed by atoms with Gasteiger partial charge < -0.3 is 5.32 Å². The van der Waals surface area contributed by atoms with Crippen LogP contribution in [0.5, 0.6) is 0 Å². The molecule has 9 heteroatoms. The Hall–Kier alpha value is -1.28. The predicted octanol–water partition coefficient (Wildman–Crippen LogP) is 1.39. The summed E-state index contributed by atoms with van der Waals surface area (Å²) in [6.45, 7) is -1.23. The first-order valence-electron chi connectivity index (χ1n) is 3.72. The lowest BCUT2D eigenvalue weighted by atomic mass is 10.5. The molecular weight excluding hydrogens is 235 g/mol. The molecule has 0 bridgehead atoms. The van der Waals surface area contributed by atoms with Crippen LogP contribution in [-0.2, 0) is 0 Å². The van der Waals surface area contributed by atoms with Gasteiger partial charge in [0.25, 0.3) is 0 Å². The van der Waals surface area contributed by atoms with E-state index >= 15 is 0 Å². The summed E-state index contributed by atoms with van der Waals surface area (Å²) in [4.78, 5) is 7.20. The molecule has 1 heterocycles. The first kappa shape index (κ1) is 11.8. The Balaban J connectivity index is 2.75. The van der Waals surface area contributed by atoms with Crippen molar-refractivity contribution in [1.29, 1.82) is 0 Å². The van der Waals surface area contributed by atoms with Crippen molar-refractivity contribution in [3.63, 3.8) is 0 Å². The highest BCUT2D eigenvalue weighted by Gasteiger charge is 2.27. The van der Waals surface area contributed by atoms with Crippen molar-refractivity contribution in [2.24, 2.45) is 5.84 Å². The van der Waals surface area contributed by atoms with E-state index in [0.29, 0.717) is 0 Å². The van der Waals surface area contributed by atoms with Crippen molar-refractivity contribution in [3.8, 4) is 0 Å². The first-order chi connectivity index (χ1) is 6.92. The fourth-order valence-electron chi connectivity index (χ4n) is 0.745. The molecule has 84 valence electrons. The molecule has 0 aliphatic carbocycles. The number of alkyl halides is 3. The second-order valence-electron chi connectivity index (χ2n) is 2.50. The van der Waals surface area contributed by atoms with Crippen molar-refractivity contribution in [2.45, 2.75) is 6.18 Å². The van der Waals surface area contributed by atoms with Crippen LogP contribution in [0.1, 0.15) is 0 Å². The Morgan fingerprint density at radius 2 is 2.13 bits per heavy atom. The standard InChI is InChI=1S/C6H7ClF3N5/c7-3-1-12-5(15-11)14-4(3)13-2-6(8,9)10/h1H,2,11H2,(H2,12,13,14,15). The zero-order chi connectivity index (χ0) is 11.5. The lowest BCUT2D eigenvalue weighted by Gasteiger charge is -2.10. The quantitative estimate of drug-likeness (QED) is 0.551. The topological polar surface area (TPSA) is 75.9 Å². The van der Waals surface area contributed by atoms with Crippen LogP contribution < -0.4 is 16.6 Å². The maximum atomic E-state index is 11.9. The SMILES string of the molecule is NNc1ncc(Cl)c(NCC(F)(F)F)n1. The summed E-state index contributed by atoms with van der Waals surface area (Å²) in [7, 11) is 0. The van der Waals surface area contributed by atoms with Crippen LogP contribution in [0.4, 0.5) is 24.9 Å². The second-order valence-corrected chi connectivity index (χ2v) is 2.91. The molecule has 0 spiro atoms. The Morgan fingerprint density at radius 1 is 1.47 bits per heavy atom. The lowest BCUT2D eigenvalue weighted by Crippen LogP contribution is -2.22. The second kappa shape index (κ2) is 4.49. The van der Waals surface area contributed by atoms with Gasteiger partial charge in [-0.25, -0.2) is 10.8 Å². The van der Waals surface area contributed by atoms with E-state index in [4.69, 9.17) is 17.4 Å². The minimum Gasteiger partial charge on any atom is -0.360 e. The monoisotopic (exact) mass is 241 g/mol. The highest BCUT2D eigenvalue weighted by atomic mass is 35.5. The molecule has 15 heavy (non-hydrogen) atoms. The van der Waals surface area contributed by atoms with Crippen LogP contribution >= 0.6 is 11.6 Å². The van der Waals surface area contributed by atoms with Gasteiger partial charge in [-0.05, 0) is 0 Å². The highest BCUT2D eigenvalue weighted by molar-refractivity contribution is 6.32. The van der Waals surface area contributed by atoms with E-state index in [2.05, 4.69) is 15.4 Å². The number of hydrogen-bond donors (Lipinski definition) is 3. The molecule has 1 aromatic heterocycles. The number of anilines is 2. The Morgan fingerprint density at radius 3 is 2.67 bits per heavy atom. The van der Waals surface area contributed by atoms with E-state index in [1.54, 1.807) is 0 Å². The molecule has 0 aliphatic rings. The Bertz CT molecular complexity index is 342. The average Bonchev–Trinajstić information content (AvgIpc) is 2.15. The van der Waals surface area contributed by atoms with E-state index < -0.39 is 12.7 Å². The van der Waals surface area contributed by atoms with E-state index in [-0.39, 0.29) is 16.8 Å². The molecule has 0 radical (unpaired) electrons. The largest absolute Gasteiger partial charge is 0.405 e. The highest BCUT2D eigenvalue weighted by Crippen LogP contribution is 2.21. The van der Waals surface area contributed by atoms with Crippen LogP contribution in [0.15, 0.2) is 6.20 Å². The Kier molecular flexibility index (Phi) is 3.53. The van der Waals surface area contributed by atoms with Gasteiger partial charge in [0, 0.05) is 0 Å². The normalized spacial score (nSPS) is 11.3. The third kappa shape index (κ3) is 3.76. The van der Waals surface area contributed by atoms with Crippen molar-refractivity contribution in [1.82, 2.24) is 9.97 Å². The zero-order valence-corrected chi connectivity index (χ0v) is 8.02. The van der Waals surface area contributed by atoms with Crippen LogP contribution in [0.3, 0.4) is 0 Å². The zero-order valence-electron chi connectivity index (χ0n) is 7.27. The number of nitrogen functional groups attached to an aromatic ring is 1. The number of rotatable bonds is 3. The van der Waals surface area contributed by atoms with Crippen molar-refractivity contribution < 1.29 is 13.2 Å². The van der Waals surface area contributed by atoms with Crippen LogP contribution in [-0.4, -0.2) is 22.7 Å². The van der Waals surface area contributed by atoms with Crippen molar-refractivity contribution >= 4 is 23.4 Å². The fraction of sp³-hybridized carbons (Fsp3) is 0.333. The first-order valence-corrected chi connectivity index (χ1v) is 4.10. The molecule has 0 unspecified atom stereocenters. The summed E-state index contributed by atoms with van der Waals surface area (Å²) in [5.41, 5.74) is 2.09. The van der Waals surface area contributed by atoms with Gasteiger partial charge in [-0.3, -0.25) is 5.43 Å². The van der Waals surface area contributed by atoms with Gasteiger partial charge in [-0.15, -0.1) is 0 Å². The minimum absolute atomic E-state index is 0.0155. The summed E-state index contributed by atoms with van der Waals surface area (Å²) in [6.07, 6.45) is -3.20. The number of halogens is 4. The molecule has 5 nitrogen and oxygen atoms in total. The summed E-state index contributed by atoms with van der Waals surface area (Å²) < 4.78 is 35.6. The van der Waals surface area contributed by atoms with E-state index in [1.807, 2.05) is 5.32 Å². The Labute approximate surface area is 87.8 Å². The van der Waals surface area contributed by atoms with Gasteiger partial charge in [0.15, 0.2) is 5.82 Å².